The van der Waals surface area contributed by atoms with Crippen molar-refractivity contribution in [2.75, 3.05) is 18.4 Å². The predicted molar refractivity (Wildman–Crippen MR) is 77.2 cm³/mol. The summed E-state index contributed by atoms with van der Waals surface area (Å²) in [6.45, 7) is 4.10. The van der Waals surface area contributed by atoms with Gasteiger partial charge in [0.15, 0.2) is 0 Å². The Kier molecular flexibility index (Phi) is 4.94. The van der Waals surface area contributed by atoms with Gasteiger partial charge in [-0.1, -0.05) is 13.3 Å². The number of hydrogen-bond acceptors (Lipinski definition) is 4. The molecule has 1 N–H and O–H groups in total. The van der Waals surface area contributed by atoms with Crippen molar-refractivity contribution in [1.82, 2.24) is 4.90 Å². The number of amides is 1. The first-order chi connectivity index (χ1) is 9.26. The molecule has 0 radical (unpaired) electrons. The second-order valence-electron chi connectivity index (χ2n) is 4.81. The van der Waals surface area contributed by atoms with Crippen molar-refractivity contribution in [3.05, 3.63) is 17.0 Å². The largest absolute Gasteiger partial charge is 0.315 e. The molecule has 4 nitrogen and oxygen atoms in total. The lowest BCUT2D eigenvalue weighted by Gasteiger charge is -2.34. The van der Waals surface area contributed by atoms with Crippen LogP contribution in [0.25, 0.3) is 0 Å². The number of nitriles is 1. The van der Waals surface area contributed by atoms with Crippen LogP contribution in [0, 0.1) is 11.3 Å². The van der Waals surface area contributed by atoms with Crippen LogP contribution in [-0.4, -0.2) is 29.9 Å². The van der Waals surface area contributed by atoms with E-state index in [1.165, 1.54) is 17.8 Å². The summed E-state index contributed by atoms with van der Waals surface area (Å²) in [6.07, 6.45) is 4.26. The van der Waals surface area contributed by atoms with E-state index in [0.717, 1.165) is 32.4 Å². The van der Waals surface area contributed by atoms with Gasteiger partial charge in [-0.2, -0.15) is 5.26 Å². The van der Waals surface area contributed by atoms with Crippen molar-refractivity contribution in [2.24, 2.45) is 0 Å². The SMILES string of the molecule is CCCN1CCCC[C@H]1C(=O)Nc1sccc1C#N. The van der Waals surface area contributed by atoms with Crippen LogP contribution in [0.1, 0.15) is 38.2 Å². The molecular formula is C14H19N3OS. The van der Waals surface area contributed by atoms with E-state index >= 15 is 0 Å². The molecule has 5 heteroatoms. The van der Waals surface area contributed by atoms with Gasteiger partial charge in [-0.15, -0.1) is 11.3 Å². The van der Waals surface area contributed by atoms with E-state index in [2.05, 4.69) is 23.2 Å². The Morgan fingerprint density at radius 3 is 3.21 bits per heavy atom. The number of hydrogen-bond donors (Lipinski definition) is 1. The van der Waals surface area contributed by atoms with Crippen LogP contribution >= 0.6 is 11.3 Å². The zero-order chi connectivity index (χ0) is 13.7. The normalized spacial score (nSPS) is 19.9. The molecule has 1 aliphatic rings. The van der Waals surface area contributed by atoms with Crippen LogP contribution in [0.3, 0.4) is 0 Å². The average Bonchev–Trinajstić information content (AvgIpc) is 2.87. The summed E-state index contributed by atoms with van der Waals surface area (Å²) in [5, 5.41) is 14.4. The molecule has 2 rings (SSSR count). The Morgan fingerprint density at radius 1 is 1.63 bits per heavy atom. The van der Waals surface area contributed by atoms with Gasteiger partial charge in [0.25, 0.3) is 0 Å². The van der Waals surface area contributed by atoms with E-state index in [-0.39, 0.29) is 11.9 Å². The van der Waals surface area contributed by atoms with E-state index in [1.807, 2.05) is 5.38 Å². The van der Waals surface area contributed by atoms with Crippen LogP contribution in [0.5, 0.6) is 0 Å². The second-order valence-corrected chi connectivity index (χ2v) is 5.73. The third kappa shape index (κ3) is 3.34. The maximum absolute atomic E-state index is 12.4. The van der Waals surface area contributed by atoms with Crippen molar-refractivity contribution < 1.29 is 4.79 Å². The molecular weight excluding hydrogens is 258 g/mol. The second kappa shape index (κ2) is 6.69. The van der Waals surface area contributed by atoms with Gasteiger partial charge >= 0.3 is 0 Å². The van der Waals surface area contributed by atoms with Crippen molar-refractivity contribution in [3.63, 3.8) is 0 Å². The third-order valence-corrected chi connectivity index (χ3v) is 4.28. The summed E-state index contributed by atoms with van der Waals surface area (Å²) in [5.74, 6) is 0.0344. The molecule has 1 aromatic heterocycles. The Bertz CT molecular complexity index is 475. The van der Waals surface area contributed by atoms with Gasteiger partial charge in [-0.3, -0.25) is 9.69 Å². The van der Waals surface area contributed by atoms with Crippen molar-refractivity contribution in [2.45, 2.75) is 38.6 Å². The molecule has 2 heterocycles. The maximum atomic E-state index is 12.4. The average molecular weight is 277 g/mol. The summed E-state index contributed by atoms with van der Waals surface area (Å²) in [4.78, 5) is 14.6. The summed E-state index contributed by atoms with van der Waals surface area (Å²) in [7, 11) is 0. The number of carbonyl (C=O) groups is 1. The van der Waals surface area contributed by atoms with Gasteiger partial charge in [-0.05, 0) is 43.8 Å². The minimum atomic E-state index is -0.0395. The van der Waals surface area contributed by atoms with E-state index in [0.29, 0.717) is 10.6 Å². The van der Waals surface area contributed by atoms with Gasteiger partial charge in [0.1, 0.15) is 11.1 Å². The first-order valence-corrected chi connectivity index (χ1v) is 7.66. The minimum absolute atomic E-state index is 0.0344. The minimum Gasteiger partial charge on any atom is -0.315 e. The fraction of sp³-hybridized carbons (Fsp3) is 0.571. The first kappa shape index (κ1) is 14.0. The van der Waals surface area contributed by atoms with Gasteiger partial charge < -0.3 is 5.32 Å². The number of carbonyl (C=O) groups excluding carboxylic acids is 1. The van der Waals surface area contributed by atoms with Crippen LogP contribution in [0.15, 0.2) is 11.4 Å². The summed E-state index contributed by atoms with van der Waals surface area (Å²) in [6, 6.07) is 3.80. The third-order valence-electron chi connectivity index (χ3n) is 3.45. The highest BCUT2D eigenvalue weighted by molar-refractivity contribution is 7.14. The Morgan fingerprint density at radius 2 is 2.47 bits per heavy atom. The highest BCUT2D eigenvalue weighted by Gasteiger charge is 2.28. The number of thiophene rings is 1. The molecule has 1 saturated heterocycles. The Labute approximate surface area is 118 Å². The fourth-order valence-electron chi connectivity index (χ4n) is 2.53. The molecule has 1 aliphatic heterocycles. The zero-order valence-electron chi connectivity index (χ0n) is 11.2. The number of piperidine rings is 1. The highest BCUT2D eigenvalue weighted by atomic mass is 32.1. The standard InChI is InChI=1S/C14H19N3OS/c1-2-7-17-8-4-3-5-12(17)13(18)16-14-11(10-15)6-9-19-14/h6,9,12H,2-5,7-8H2,1H3,(H,16,18)/t12-/m0/s1. The van der Waals surface area contributed by atoms with Crippen LogP contribution in [0.4, 0.5) is 5.00 Å². The lowest BCUT2D eigenvalue weighted by atomic mass is 10.0. The molecule has 1 amide bonds. The topological polar surface area (TPSA) is 56.1 Å². The van der Waals surface area contributed by atoms with Crippen LogP contribution < -0.4 is 5.32 Å². The van der Waals surface area contributed by atoms with Gasteiger partial charge in [0.05, 0.1) is 11.6 Å². The first-order valence-electron chi connectivity index (χ1n) is 6.78. The zero-order valence-corrected chi connectivity index (χ0v) is 12.0. The molecule has 102 valence electrons. The lowest BCUT2D eigenvalue weighted by molar-refractivity contribution is -0.122. The molecule has 1 fully saturated rings. The van der Waals surface area contributed by atoms with Crippen LogP contribution in [-0.2, 0) is 4.79 Å². The number of nitrogens with zero attached hydrogens (tertiary/aromatic N) is 2. The van der Waals surface area contributed by atoms with E-state index in [9.17, 15) is 4.79 Å². The number of rotatable bonds is 4. The highest BCUT2D eigenvalue weighted by Crippen LogP contribution is 2.24. The smallest absolute Gasteiger partial charge is 0.242 e. The Hall–Kier alpha value is -1.38. The molecule has 1 atom stereocenters. The monoisotopic (exact) mass is 277 g/mol. The molecule has 0 unspecified atom stereocenters. The van der Waals surface area contributed by atoms with Crippen molar-refractivity contribution in [1.29, 1.82) is 5.26 Å². The fourth-order valence-corrected chi connectivity index (χ4v) is 3.27. The van der Waals surface area contributed by atoms with Crippen LogP contribution in [0.2, 0.25) is 0 Å². The molecule has 0 saturated carbocycles. The molecule has 0 aliphatic carbocycles. The molecule has 0 aromatic carbocycles. The predicted octanol–water partition coefficient (Wildman–Crippen LogP) is 2.82. The quantitative estimate of drug-likeness (QED) is 0.920. The maximum Gasteiger partial charge on any atom is 0.242 e. The van der Waals surface area contributed by atoms with Gasteiger partial charge in [-0.25, -0.2) is 0 Å². The van der Waals surface area contributed by atoms with Gasteiger partial charge in [0.2, 0.25) is 5.91 Å². The summed E-state index contributed by atoms with van der Waals surface area (Å²) >= 11 is 1.41. The van der Waals surface area contributed by atoms with E-state index in [1.54, 1.807) is 6.07 Å². The van der Waals surface area contributed by atoms with Crippen molar-refractivity contribution >= 4 is 22.2 Å². The number of nitrogens with one attached hydrogen (secondary N) is 1. The van der Waals surface area contributed by atoms with E-state index in [4.69, 9.17) is 5.26 Å². The summed E-state index contributed by atoms with van der Waals surface area (Å²) < 4.78 is 0. The van der Waals surface area contributed by atoms with E-state index < -0.39 is 0 Å². The molecule has 19 heavy (non-hydrogen) atoms. The summed E-state index contributed by atoms with van der Waals surface area (Å²) in [5.41, 5.74) is 0.552. The van der Waals surface area contributed by atoms with Crippen molar-refractivity contribution in [3.8, 4) is 6.07 Å². The van der Waals surface area contributed by atoms with Gasteiger partial charge in [0, 0.05) is 0 Å². The molecule has 1 aromatic rings. The molecule has 0 bridgehead atoms. The lowest BCUT2D eigenvalue weighted by Crippen LogP contribution is -2.47. The Balaban J connectivity index is 2.04. The number of likely N-dealkylation sites (tertiary alicyclic amines) is 1. The molecule has 0 spiro atoms. The number of anilines is 1.